The maximum absolute atomic E-state index is 13.1. The molecule has 1 amide bonds. The Morgan fingerprint density at radius 1 is 1.22 bits per heavy atom. The number of rotatable bonds is 1. The van der Waals surface area contributed by atoms with Crippen molar-refractivity contribution < 1.29 is 18.0 Å². The van der Waals surface area contributed by atoms with Crippen molar-refractivity contribution in [1.29, 1.82) is 0 Å². The Balaban J connectivity index is 1.92. The molecule has 4 rings (SSSR count). The van der Waals surface area contributed by atoms with Crippen LogP contribution in [0.1, 0.15) is 23.2 Å². The van der Waals surface area contributed by atoms with E-state index in [1.54, 1.807) is 30.3 Å². The first-order chi connectivity index (χ1) is 8.44. The van der Waals surface area contributed by atoms with Crippen LogP contribution in [0.2, 0.25) is 0 Å². The van der Waals surface area contributed by atoms with Gasteiger partial charge in [0.1, 0.15) is 5.54 Å². The van der Waals surface area contributed by atoms with E-state index in [-0.39, 0.29) is 25.3 Å². The molecule has 2 aliphatic heterocycles. The molecular weight excluding hydrogens is 243 g/mol. The molecule has 0 atom stereocenters. The molecule has 3 fully saturated rings. The van der Waals surface area contributed by atoms with Crippen molar-refractivity contribution >= 4 is 5.91 Å². The quantitative estimate of drug-likeness (QED) is 0.755. The third kappa shape index (κ3) is 1.39. The van der Waals surface area contributed by atoms with Gasteiger partial charge in [0.2, 0.25) is 0 Å². The highest BCUT2D eigenvalue weighted by Crippen LogP contribution is 2.58. The van der Waals surface area contributed by atoms with Crippen molar-refractivity contribution in [2.75, 3.05) is 6.54 Å². The van der Waals surface area contributed by atoms with Crippen LogP contribution in [0.25, 0.3) is 0 Å². The lowest BCUT2D eigenvalue weighted by Crippen LogP contribution is -2.58. The van der Waals surface area contributed by atoms with Gasteiger partial charge in [0.15, 0.2) is 0 Å². The molecule has 5 heteroatoms. The third-order valence-electron chi connectivity index (χ3n) is 4.00. The molecular formula is C13H12F3NO. The fourth-order valence-electron chi connectivity index (χ4n) is 3.08. The zero-order valence-electron chi connectivity index (χ0n) is 9.57. The molecule has 1 aliphatic carbocycles. The Bertz CT molecular complexity index is 477. The SMILES string of the molecule is O=C(c1ccccc1)N1CC2CC1(C(F)(F)F)C2. The molecule has 1 saturated carbocycles. The van der Waals surface area contributed by atoms with Gasteiger partial charge in [-0.2, -0.15) is 13.2 Å². The van der Waals surface area contributed by atoms with E-state index < -0.39 is 17.6 Å². The largest absolute Gasteiger partial charge is 0.411 e. The third-order valence-corrected chi connectivity index (χ3v) is 4.00. The second-order valence-electron chi connectivity index (χ2n) is 5.09. The van der Waals surface area contributed by atoms with Crippen LogP contribution in [0.5, 0.6) is 0 Å². The molecule has 0 unspecified atom stereocenters. The maximum Gasteiger partial charge on any atom is 0.411 e. The van der Waals surface area contributed by atoms with Crippen LogP contribution in [-0.4, -0.2) is 29.1 Å². The summed E-state index contributed by atoms with van der Waals surface area (Å²) in [6, 6.07) is 8.17. The molecule has 18 heavy (non-hydrogen) atoms. The van der Waals surface area contributed by atoms with E-state index in [4.69, 9.17) is 0 Å². The average molecular weight is 255 g/mol. The molecule has 1 aromatic carbocycles. The van der Waals surface area contributed by atoms with Crippen molar-refractivity contribution in [2.45, 2.75) is 24.6 Å². The molecule has 2 nitrogen and oxygen atoms in total. The Labute approximate surface area is 102 Å². The van der Waals surface area contributed by atoms with Gasteiger partial charge < -0.3 is 4.90 Å². The summed E-state index contributed by atoms with van der Waals surface area (Å²) in [7, 11) is 0. The first-order valence-electron chi connectivity index (χ1n) is 5.88. The zero-order chi connectivity index (χ0) is 13.0. The van der Waals surface area contributed by atoms with E-state index in [1.165, 1.54) is 0 Å². The van der Waals surface area contributed by atoms with Gasteiger partial charge in [0, 0.05) is 12.1 Å². The van der Waals surface area contributed by atoms with Crippen molar-refractivity contribution in [3.63, 3.8) is 0 Å². The Hall–Kier alpha value is -1.52. The molecule has 2 bridgehead atoms. The number of fused-ring (bicyclic) bond motifs is 1. The molecule has 0 spiro atoms. The van der Waals surface area contributed by atoms with Gasteiger partial charge in [-0.15, -0.1) is 0 Å². The number of benzene rings is 1. The summed E-state index contributed by atoms with van der Waals surface area (Å²) < 4.78 is 39.3. The average Bonchev–Trinajstić information content (AvgIpc) is 2.83. The first kappa shape index (κ1) is 11.6. The van der Waals surface area contributed by atoms with Crippen molar-refractivity contribution in [3.05, 3.63) is 35.9 Å². The van der Waals surface area contributed by atoms with Crippen molar-refractivity contribution in [2.24, 2.45) is 5.92 Å². The minimum Gasteiger partial charge on any atom is -0.324 e. The van der Waals surface area contributed by atoms with Crippen LogP contribution in [0, 0.1) is 5.92 Å². The van der Waals surface area contributed by atoms with Gasteiger partial charge in [-0.25, -0.2) is 0 Å². The van der Waals surface area contributed by atoms with Gasteiger partial charge >= 0.3 is 6.18 Å². The lowest BCUT2D eigenvalue weighted by molar-refractivity contribution is -0.230. The van der Waals surface area contributed by atoms with Crippen LogP contribution in [0.4, 0.5) is 13.2 Å². The highest BCUT2D eigenvalue weighted by molar-refractivity contribution is 5.95. The van der Waals surface area contributed by atoms with Gasteiger partial charge in [-0.1, -0.05) is 18.2 Å². The second-order valence-corrected chi connectivity index (χ2v) is 5.09. The van der Waals surface area contributed by atoms with Gasteiger partial charge in [-0.05, 0) is 30.9 Å². The number of amides is 1. The van der Waals surface area contributed by atoms with Crippen molar-refractivity contribution in [3.8, 4) is 0 Å². The number of halogens is 3. The molecule has 1 aromatic rings. The van der Waals surface area contributed by atoms with E-state index in [0.29, 0.717) is 5.56 Å². The highest BCUT2D eigenvalue weighted by atomic mass is 19.4. The fraction of sp³-hybridized carbons (Fsp3) is 0.462. The summed E-state index contributed by atoms with van der Waals surface area (Å²) >= 11 is 0. The number of carbonyl (C=O) groups is 1. The van der Waals surface area contributed by atoms with E-state index in [1.807, 2.05) is 0 Å². The summed E-state index contributed by atoms with van der Waals surface area (Å²) in [6.45, 7) is 0.229. The smallest absolute Gasteiger partial charge is 0.324 e. The standard InChI is InChI=1S/C13H12F3NO/c14-13(15,16)12-6-9(7-12)8-17(12)11(18)10-4-2-1-3-5-10/h1-5,9H,6-8H2. The first-order valence-corrected chi connectivity index (χ1v) is 5.88. The van der Waals surface area contributed by atoms with E-state index in [9.17, 15) is 18.0 Å². The topological polar surface area (TPSA) is 20.3 Å². The van der Waals surface area contributed by atoms with Crippen LogP contribution in [0.3, 0.4) is 0 Å². The Morgan fingerprint density at radius 3 is 2.39 bits per heavy atom. The molecule has 96 valence electrons. The fourth-order valence-corrected chi connectivity index (χ4v) is 3.08. The summed E-state index contributed by atoms with van der Waals surface area (Å²) in [5.74, 6) is -0.493. The molecule has 0 N–H and O–H groups in total. The molecule has 0 radical (unpaired) electrons. The minimum atomic E-state index is -4.33. The summed E-state index contributed by atoms with van der Waals surface area (Å²) in [5.41, 5.74) is -1.57. The predicted molar refractivity (Wildman–Crippen MR) is 59.0 cm³/mol. The van der Waals surface area contributed by atoms with Gasteiger partial charge in [0.05, 0.1) is 0 Å². The van der Waals surface area contributed by atoms with Crippen molar-refractivity contribution in [1.82, 2.24) is 4.90 Å². The summed E-state index contributed by atoms with van der Waals surface area (Å²) in [6.07, 6.45) is -4.20. The lowest BCUT2D eigenvalue weighted by atomic mass is 9.72. The number of hydrogen-bond acceptors (Lipinski definition) is 1. The lowest BCUT2D eigenvalue weighted by Gasteiger charge is -2.43. The van der Waals surface area contributed by atoms with Crippen LogP contribution in [-0.2, 0) is 0 Å². The van der Waals surface area contributed by atoms with Gasteiger partial charge in [-0.3, -0.25) is 4.79 Å². The second kappa shape index (κ2) is 3.49. The monoisotopic (exact) mass is 255 g/mol. The van der Waals surface area contributed by atoms with E-state index >= 15 is 0 Å². The Kier molecular flexibility index (Phi) is 2.24. The van der Waals surface area contributed by atoms with E-state index in [2.05, 4.69) is 0 Å². The van der Waals surface area contributed by atoms with Crippen LogP contribution < -0.4 is 0 Å². The summed E-state index contributed by atoms with van der Waals surface area (Å²) in [5, 5.41) is 0. The Morgan fingerprint density at radius 2 is 1.83 bits per heavy atom. The van der Waals surface area contributed by atoms with Crippen LogP contribution >= 0.6 is 0 Å². The predicted octanol–water partition coefficient (Wildman–Crippen LogP) is 2.85. The highest BCUT2D eigenvalue weighted by Gasteiger charge is 2.71. The zero-order valence-corrected chi connectivity index (χ0v) is 9.57. The molecule has 0 aromatic heterocycles. The number of hydrogen-bond donors (Lipinski definition) is 0. The molecule has 3 aliphatic rings. The number of nitrogens with zero attached hydrogens (tertiary/aromatic N) is 1. The van der Waals surface area contributed by atoms with E-state index in [0.717, 1.165) is 4.90 Å². The van der Waals surface area contributed by atoms with Crippen LogP contribution in [0.15, 0.2) is 30.3 Å². The number of carbonyl (C=O) groups excluding carboxylic acids is 1. The summed E-state index contributed by atoms with van der Waals surface area (Å²) in [4.78, 5) is 13.2. The van der Waals surface area contributed by atoms with Gasteiger partial charge in [0.25, 0.3) is 5.91 Å². The number of alkyl halides is 3. The minimum absolute atomic E-state index is 0.0132. The molecule has 2 heterocycles. The molecule has 2 saturated heterocycles. The normalized spacial score (nSPS) is 30.2. The maximum atomic E-state index is 13.1.